The number of ether oxygens (including phenoxy) is 1. The van der Waals surface area contributed by atoms with Gasteiger partial charge in [0, 0.05) is 18.6 Å². The van der Waals surface area contributed by atoms with Gasteiger partial charge >= 0.3 is 6.09 Å². The number of carbonyl (C=O) groups is 1. The van der Waals surface area contributed by atoms with Crippen molar-refractivity contribution in [2.75, 3.05) is 19.6 Å². The third kappa shape index (κ3) is 6.21. The molecule has 0 radical (unpaired) electrons. The van der Waals surface area contributed by atoms with Crippen LogP contribution < -0.4 is 11.1 Å². The largest absolute Gasteiger partial charge is 0.444 e. The monoisotopic (exact) mass is 259 g/mol. The molecule has 0 aromatic rings. The molecule has 108 valence electrons. The van der Waals surface area contributed by atoms with Crippen molar-refractivity contribution >= 4 is 6.09 Å². The molecule has 3 N–H and O–H groups in total. The molecule has 0 bridgehead atoms. The lowest BCUT2D eigenvalue weighted by Gasteiger charge is -2.34. The smallest absolute Gasteiger partial charge is 0.407 e. The standard InChI is InChI=1S/C13H29N3O2/c1-7-16(8-2)11(9-14)10(3)15-12(17)18-13(4,5)6/h10-11H,7-9,14H2,1-6H3,(H,15,17). The van der Waals surface area contributed by atoms with E-state index in [0.29, 0.717) is 6.54 Å². The molecular weight excluding hydrogens is 230 g/mol. The molecule has 5 nitrogen and oxygen atoms in total. The van der Waals surface area contributed by atoms with Crippen molar-refractivity contribution in [2.45, 2.75) is 59.2 Å². The third-order valence-corrected chi connectivity index (χ3v) is 2.84. The van der Waals surface area contributed by atoms with Crippen LogP contribution in [0.4, 0.5) is 4.79 Å². The van der Waals surface area contributed by atoms with Gasteiger partial charge < -0.3 is 15.8 Å². The summed E-state index contributed by atoms with van der Waals surface area (Å²) in [5, 5.41) is 2.85. The molecule has 0 heterocycles. The van der Waals surface area contributed by atoms with Crippen molar-refractivity contribution in [2.24, 2.45) is 5.73 Å². The normalized spacial score (nSPS) is 15.3. The third-order valence-electron chi connectivity index (χ3n) is 2.84. The zero-order valence-corrected chi connectivity index (χ0v) is 12.6. The molecule has 0 saturated heterocycles. The highest BCUT2D eigenvalue weighted by Gasteiger charge is 2.24. The summed E-state index contributed by atoms with van der Waals surface area (Å²) in [6.45, 7) is 14.0. The van der Waals surface area contributed by atoms with Gasteiger partial charge in [0.15, 0.2) is 0 Å². The highest BCUT2D eigenvalue weighted by molar-refractivity contribution is 5.68. The summed E-state index contributed by atoms with van der Waals surface area (Å²) in [4.78, 5) is 13.9. The summed E-state index contributed by atoms with van der Waals surface area (Å²) in [6.07, 6.45) is -0.388. The molecule has 0 aromatic carbocycles. The lowest BCUT2D eigenvalue weighted by Crippen LogP contribution is -2.54. The first-order chi connectivity index (χ1) is 8.25. The quantitative estimate of drug-likeness (QED) is 0.760. The maximum absolute atomic E-state index is 11.7. The van der Waals surface area contributed by atoms with E-state index in [0.717, 1.165) is 13.1 Å². The van der Waals surface area contributed by atoms with Gasteiger partial charge in [0.05, 0.1) is 0 Å². The van der Waals surface area contributed by atoms with Crippen LogP contribution in [0.2, 0.25) is 0 Å². The number of rotatable bonds is 6. The Kier molecular flexibility index (Phi) is 7.25. The highest BCUT2D eigenvalue weighted by Crippen LogP contribution is 2.08. The van der Waals surface area contributed by atoms with Gasteiger partial charge in [-0.2, -0.15) is 0 Å². The number of hydrogen-bond donors (Lipinski definition) is 2. The van der Waals surface area contributed by atoms with Crippen LogP contribution in [-0.4, -0.2) is 48.3 Å². The van der Waals surface area contributed by atoms with Crippen LogP contribution in [0.25, 0.3) is 0 Å². The lowest BCUT2D eigenvalue weighted by molar-refractivity contribution is 0.0473. The Morgan fingerprint density at radius 3 is 2.17 bits per heavy atom. The zero-order valence-electron chi connectivity index (χ0n) is 12.6. The van der Waals surface area contributed by atoms with Gasteiger partial charge in [-0.15, -0.1) is 0 Å². The van der Waals surface area contributed by atoms with Crippen molar-refractivity contribution < 1.29 is 9.53 Å². The maximum atomic E-state index is 11.7. The summed E-state index contributed by atoms with van der Waals surface area (Å²) in [7, 11) is 0. The van der Waals surface area contributed by atoms with Crippen LogP contribution >= 0.6 is 0 Å². The topological polar surface area (TPSA) is 67.6 Å². The lowest BCUT2D eigenvalue weighted by atomic mass is 10.1. The van der Waals surface area contributed by atoms with Gasteiger partial charge in [-0.05, 0) is 40.8 Å². The van der Waals surface area contributed by atoms with Crippen molar-refractivity contribution in [3.8, 4) is 0 Å². The Balaban J connectivity index is 4.43. The van der Waals surface area contributed by atoms with E-state index in [1.54, 1.807) is 0 Å². The van der Waals surface area contributed by atoms with E-state index in [4.69, 9.17) is 10.5 Å². The van der Waals surface area contributed by atoms with Crippen LogP contribution in [0.3, 0.4) is 0 Å². The maximum Gasteiger partial charge on any atom is 0.407 e. The molecule has 0 aliphatic heterocycles. The molecule has 5 heteroatoms. The van der Waals surface area contributed by atoms with Crippen LogP contribution in [0.1, 0.15) is 41.5 Å². The van der Waals surface area contributed by atoms with Crippen molar-refractivity contribution in [1.82, 2.24) is 10.2 Å². The zero-order chi connectivity index (χ0) is 14.3. The molecule has 0 saturated carbocycles. The molecule has 0 aromatic heterocycles. The van der Waals surface area contributed by atoms with Gasteiger partial charge in [0.1, 0.15) is 5.60 Å². The number of nitrogens with one attached hydrogen (secondary N) is 1. The van der Waals surface area contributed by atoms with E-state index < -0.39 is 5.60 Å². The molecule has 18 heavy (non-hydrogen) atoms. The van der Waals surface area contributed by atoms with Gasteiger partial charge in [-0.3, -0.25) is 4.90 Å². The Morgan fingerprint density at radius 2 is 1.83 bits per heavy atom. The van der Waals surface area contributed by atoms with Gasteiger partial charge in [0.25, 0.3) is 0 Å². The first-order valence-corrected chi connectivity index (χ1v) is 6.68. The highest BCUT2D eigenvalue weighted by atomic mass is 16.6. The van der Waals surface area contributed by atoms with Gasteiger partial charge in [0.2, 0.25) is 0 Å². The average Bonchev–Trinajstić information content (AvgIpc) is 2.22. The van der Waals surface area contributed by atoms with Gasteiger partial charge in [-0.1, -0.05) is 13.8 Å². The van der Waals surface area contributed by atoms with Crippen LogP contribution in [-0.2, 0) is 4.74 Å². The minimum Gasteiger partial charge on any atom is -0.444 e. The summed E-state index contributed by atoms with van der Waals surface area (Å²) in [5.41, 5.74) is 5.32. The summed E-state index contributed by atoms with van der Waals surface area (Å²) in [6, 6.07) is 0.0947. The Morgan fingerprint density at radius 1 is 1.33 bits per heavy atom. The fourth-order valence-corrected chi connectivity index (χ4v) is 1.95. The van der Waals surface area contributed by atoms with E-state index >= 15 is 0 Å². The number of amides is 1. The van der Waals surface area contributed by atoms with Crippen molar-refractivity contribution in [3.63, 3.8) is 0 Å². The number of likely N-dealkylation sites (N-methyl/N-ethyl adjacent to an activating group) is 1. The first kappa shape index (κ1) is 17.2. The average molecular weight is 259 g/mol. The Hall–Kier alpha value is -0.810. The predicted octanol–water partition coefficient (Wildman–Crippen LogP) is 1.57. The Labute approximate surface area is 111 Å². The molecule has 0 rings (SSSR count). The van der Waals surface area contributed by atoms with E-state index in [2.05, 4.69) is 24.1 Å². The second-order valence-corrected chi connectivity index (χ2v) is 5.46. The first-order valence-electron chi connectivity index (χ1n) is 6.68. The van der Waals surface area contributed by atoms with Crippen LogP contribution in [0, 0.1) is 0 Å². The van der Waals surface area contributed by atoms with E-state index in [1.807, 2.05) is 27.7 Å². The molecule has 0 fully saturated rings. The number of nitrogens with two attached hydrogens (primary N) is 1. The predicted molar refractivity (Wildman–Crippen MR) is 74.6 cm³/mol. The van der Waals surface area contributed by atoms with Crippen molar-refractivity contribution in [1.29, 1.82) is 0 Å². The molecule has 1 amide bonds. The summed E-state index contributed by atoms with van der Waals surface area (Å²) < 4.78 is 5.24. The summed E-state index contributed by atoms with van der Waals surface area (Å²) in [5.74, 6) is 0. The van der Waals surface area contributed by atoms with Crippen LogP contribution in [0.15, 0.2) is 0 Å². The second-order valence-electron chi connectivity index (χ2n) is 5.46. The van der Waals surface area contributed by atoms with Crippen LogP contribution in [0.5, 0.6) is 0 Å². The minimum atomic E-state index is -0.475. The SMILES string of the molecule is CCN(CC)C(CN)C(C)NC(=O)OC(C)(C)C. The fourth-order valence-electron chi connectivity index (χ4n) is 1.95. The molecule has 0 aliphatic carbocycles. The molecular formula is C13H29N3O2. The minimum absolute atomic E-state index is 0.0373. The number of nitrogens with zero attached hydrogens (tertiary/aromatic N) is 1. The number of hydrogen-bond acceptors (Lipinski definition) is 4. The van der Waals surface area contributed by atoms with Gasteiger partial charge in [-0.25, -0.2) is 4.79 Å². The number of carbonyl (C=O) groups excluding carboxylic acids is 1. The molecule has 0 spiro atoms. The van der Waals surface area contributed by atoms with E-state index in [9.17, 15) is 4.79 Å². The Bertz CT molecular complexity index is 247. The van der Waals surface area contributed by atoms with E-state index in [-0.39, 0.29) is 18.2 Å². The molecule has 2 atom stereocenters. The molecule has 2 unspecified atom stereocenters. The number of alkyl carbamates (subject to hydrolysis) is 1. The fraction of sp³-hybridized carbons (Fsp3) is 0.923. The molecule has 0 aliphatic rings. The van der Waals surface area contributed by atoms with E-state index in [1.165, 1.54) is 0 Å². The second kappa shape index (κ2) is 7.59. The summed E-state index contributed by atoms with van der Waals surface area (Å²) >= 11 is 0. The van der Waals surface area contributed by atoms with Crippen molar-refractivity contribution in [3.05, 3.63) is 0 Å².